The van der Waals surface area contributed by atoms with Crippen LogP contribution >= 0.6 is 15.9 Å². The predicted octanol–water partition coefficient (Wildman–Crippen LogP) is 4.55. The number of rotatable bonds is 6. The molecule has 2 aromatic carbocycles. The molecule has 30 heavy (non-hydrogen) atoms. The number of hydrogen-bond donors (Lipinski definition) is 1. The molecule has 2 aromatic rings. The van der Waals surface area contributed by atoms with Crippen LogP contribution in [0.5, 0.6) is 5.75 Å². The molecule has 3 rings (SSSR count). The van der Waals surface area contributed by atoms with Crippen molar-refractivity contribution in [2.45, 2.75) is 43.4 Å². The van der Waals surface area contributed by atoms with Crippen molar-refractivity contribution in [3.8, 4) is 5.75 Å². The van der Waals surface area contributed by atoms with Crippen molar-refractivity contribution in [2.75, 3.05) is 25.5 Å². The van der Waals surface area contributed by atoms with Crippen LogP contribution in [0.4, 0.5) is 5.69 Å². The van der Waals surface area contributed by atoms with E-state index in [0.29, 0.717) is 24.5 Å². The molecular formula is C22H27BrN2O4S. The van der Waals surface area contributed by atoms with Gasteiger partial charge in [-0.25, -0.2) is 8.42 Å². The molecule has 0 saturated carbocycles. The van der Waals surface area contributed by atoms with Gasteiger partial charge in [0.15, 0.2) is 0 Å². The minimum Gasteiger partial charge on any atom is -0.495 e. The number of carbonyl (C=O) groups is 1. The first kappa shape index (κ1) is 22.8. The summed E-state index contributed by atoms with van der Waals surface area (Å²) >= 11 is 3.40. The van der Waals surface area contributed by atoms with Crippen LogP contribution in [0.2, 0.25) is 0 Å². The fourth-order valence-electron chi connectivity index (χ4n) is 3.48. The molecule has 1 fully saturated rings. The van der Waals surface area contributed by atoms with E-state index >= 15 is 0 Å². The summed E-state index contributed by atoms with van der Waals surface area (Å²) in [6, 6.07) is 12.1. The van der Waals surface area contributed by atoms with Gasteiger partial charge in [-0.1, -0.05) is 34.5 Å². The minimum atomic E-state index is -3.62. The third kappa shape index (κ3) is 4.71. The van der Waals surface area contributed by atoms with Gasteiger partial charge in [0.2, 0.25) is 15.9 Å². The largest absolute Gasteiger partial charge is 0.495 e. The lowest BCUT2D eigenvalue weighted by Gasteiger charge is -2.27. The Morgan fingerprint density at radius 1 is 1.07 bits per heavy atom. The SMILES string of the molecule is COc1ccc(S(=O)(=O)N2CCCCC2)cc1NC(=O)C(C)(C)c1ccc(Br)cc1. The van der Waals surface area contributed by atoms with Crippen LogP contribution in [0.25, 0.3) is 0 Å². The average Bonchev–Trinajstić information content (AvgIpc) is 2.74. The van der Waals surface area contributed by atoms with E-state index in [-0.39, 0.29) is 10.8 Å². The topological polar surface area (TPSA) is 75.7 Å². The maximum atomic E-state index is 13.1. The summed E-state index contributed by atoms with van der Waals surface area (Å²) in [5.41, 5.74) is 0.359. The van der Waals surface area contributed by atoms with E-state index < -0.39 is 15.4 Å². The van der Waals surface area contributed by atoms with E-state index in [4.69, 9.17) is 4.74 Å². The summed E-state index contributed by atoms with van der Waals surface area (Å²) < 4.78 is 33.9. The Labute approximate surface area is 186 Å². The number of carbonyl (C=O) groups excluding carboxylic acids is 1. The van der Waals surface area contributed by atoms with Crippen LogP contribution in [0, 0.1) is 0 Å². The van der Waals surface area contributed by atoms with E-state index in [1.165, 1.54) is 23.5 Å². The number of hydrogen-bond acceptors (Lipinski definition) is 4. The van der Waals surface area contributed by atoms with Gasteiger partial charge < -0.3 is 10.1 Å². The fraction of sp³-hybridized carbons (Fsp3) is 0.409. The third-order valence-electron chi connectivity index (χ3n) is 5.51. The highest BCUT2D eigenvalue weighted by Crippen LogP contribution is 2.32. The summed E-state index contributed by atoms with van der Waals surface area (Å²) in [6.45, 7) is 4.69. The Hall–Kier alpha value is -1.90. The Morgan fingerprint density at radius 2 is 1.70 bits per heavy atom. The lowest BCUT2D eigenvalue weighted by molar-refractivity contribution is -0.120. The number of sulfonamides is 1. The lowest BCUT2D eigenvalue weighted by atomic mass is 9.83. The molecule has 1 heterocycles. The Bertz CT molecular complexity index is 1010. The third-order valence-corrected chi connectivity index (χ3v) is 7.93. The Balaban J connectivity index is 1.90. The normalized spacial score (nSPS) is 15.6. The first-order valence-corrected chi connectivity index (χ1v) is 12.2. The molecule has 162 valence electrons. The molecule has 0 radical (unpaired) electrons. The van der Waals surface area contributed by atoms with Gasteiger partial charge >= 0.3 is 0 Å². The highest BCUT2D eigenvalue weighted by molar-refractivity contribution is 9.10. The second kappa shape index (κ2) is 9.08. The number of methoxy groups -OCH3 is 1. The lowest BCUT2D eigenvalue weighted by Crippen LogP contribution is -2.36. The van der Waals surface area contributed by atoms with E-state index in [9.17, 15) is 13.2 Å². The molecule has 8 heteroatoms. The number of anilines is 1. The van der Waals surface area contributed by atoms with Crippen LogP contribution in [-0.2, 0) is 20.2 Å². The molecule has 0 aliphatic carbocycles. The van der Waals surface area contributed by atoms with Crippen molar-refractivity contribution in [1.82, 2.24) is 4.31 Å². The minimum absolute atomic E-state index is 0.155. The summed E-state index contributed by atoms with van der Waals surface area (Å²) in [7, 11) is -2.13. The second-order valence-electron chi connectivity index (χ2n) is 7.91. The maximum Gasteiger partial charge on any atom is 0.243 e. The standard InChI is InChI=1S/C22H27BrN2O4S/c1-22(2,16-7-9-17(23)10-8-16)21(26)24-19-15-18(11-12-20(19)29-3)30(27,28)25-13-5-4-6-14-25/h7-12,15H,4-6,13-14H2,1-3H3,(H,24,26). The zero-order valence-electron chi connectivity index (χ0n) is 17.4. The van der Waals surface area contributed by atoms with Crippen molar-refractivity contribution >= 4 is 37.5 Å². The monoisotopic (exact) mass is 494 g/mol. The molecule has 0 atom stereocenters. The predicted molar refractivity (Wildman–Crippen MR) is 121 cm³/mol. The molecule has 1 amide bonds. The summed E-state index contributed by atoms with van der Waals surface area (Å²) in [5, 5.41) is 2.87. The smallest absolute Gasteiger partial charge is 0.243 e. The average molecular weight is 495 g/mol. The molecular weight excluding hydrogens is 468 g/mol. The second-order valence-corrected chi connectivity index (χ2v) is 10.8. The van der Waals surface area contributed by atoms with Crippen molar-refractivity contribution in [2.24, 2.45) is 0 Å². The van der Waals surface area contributed by atoms with Gasteiger partial charge in [-0.05, 0) is 62.6 Å². The molecule has 0 aromatic heterocycles. The van der Waals surface area contributed by atoms with Gasteiger partial charge in [-0.2, -0.15) is 4.31 Å². The number of ether oxygens (including phenoxy) is 1. The number of halogens is 1. The molecule has 1 N–H and O–H groups in total. The van der Waals surface area contributed by atoms with Crippen LogP contribution < -0.4 is 10.1 Å². The fourth-order valence-corrected chi connectivity index (χ4v) is 5.28. The summed E-state index contributed by atoms with van der Waals surface area (Å²) in [6.07, 6.45) is 2.77. The van der Waals surface area contributed by atoms with Gasteiger partial charge in [-0.3, -0.25) is 4.79 Å². The van der Waals surface area contributed by atoms with Crippen LogP contribution in [0.15, 0.2) is 51.8 Å². The first-order chi connectivity index (χ1) is 14.2. The molecule has 1 saturated heterocycles. The van der Waals surface area contributed by atoms with E-state index in [2.05, 4.69) is 21.2 Å². The highest BCUT2D eigenvalue weighted by Gasteiger charge is 2.31. The van der Waals surface area contributed by atoms with Crippen molar-refractivity contribution in [3.63, 3.8) is 0 Å². The quantitative estimate of drug-likeness (QED) is 0.638. The number of piperidine rings is 1. The zero-order valence-corrected chi connectivity index (χ0v) is 19.8. The number of benzene rings is 2. The van der Waals surface area contributed by atoms with E-state index in [1.54, 1.807) is 6.07 Å². The van der Waals surface area contributed by atoms with Crippen LogP contribution in [0.1, 0.15) is 38.7 Å². The van der Waals surface area contributed by atoms with Gasteiger partial charge in [0, 0.05) is 17.6 Å². The highest BCUT2D eigenvalue weighted by atomic mass is 79.9. The summed E-state index contributed by atoms with van der Waals surface area (Å²) in [4.78, 5) is 13.3. The molecule has 1 aliphatic heterocycles. The van der Waals surface area contributed by atoms with Gasteiger partial charge in [0.05, 0.1) is 23.1 Å². The maximum absolute atomic E-state index is 13.1. The Kier molecular flexibility index (Phi) is 6.89. The molecule has 0 bridgehead atoms. The molecule has 6 nitrogen and oxygen atoms in total. The number of amides is 1. The number of nitrogens with zero attached hydrogens (tertiary/aromatic N) is 1. The Morgan fingerprint density at radius 3 is 2.30 bits per heavy atom. The first-order valence-electron chi connectivity index (χ1n) is 9.92. The van der Waals surface area contributed by atoms with E-state index in [1.807, 2.05) is 38.1 Å². The van der Waals surface area contributed by atoms with Crippen molar-refractivity contribution in [3.05, 3.63) is 52.5 Å². The van der Waals surface area contributed by atoms with E-state index in [0.717, 1.165) is 29.3 Å². The van der Waals surface area contributed by atoms with Crippen LogP contribution in [-0.4, -0.2) is 38.8 Å². The zero-order chi connectivity index (χ0) is 21.9. The molecule has 0 unspecified atom stereocenters. The molecule has 1 aliphatic rings. The van der Waals surface area contributed by atoms with Crippen molar-refractivity contribution < 1.29 is 17.9 Å². The van der Waals surface area contributed by atoms with Crippen molar-refractivity contribution in [1.29, 1.82) is 0 Å². The molecule has 0 spiro atoms. The summed E-state index contributed by atoms with van der Waals surface area (Å²) in [5.74, 6) is 0.156. The van der Waals surface area contributed by atoms with Gasteiger partial charge in [0.25, 0.3) is 0 Å². The van der Waals surface area contributed by atoms with Gasteiger partial charge in [0.1, 0.15) is 5.75 Å². The number of nitrogens with one attached hydrogen (secondary N) is 1. The van der Waals surface area contributed by atoms with Crippen LogP contribution in [0.3, 0.4) is 0 Å². The van der Waals surface area contributed by atoms with Gasteiger partial charge in [-0.15, -0.1) is 0 Å².